The van der Waals surface area contributed by atoms with Gasteiger partial charge in [-0.3, -0.25) is 20.0 Å². The zero-order valence-electron chi connectivity index (χ0n) is 24.9. The van der Waals surface area contributed by atoms with Crippen LogP contribution in [0.3, 0.4) is 0 Å². The van der Waals surface area contributed by atoms with Gasteiger partial charge in [0.05, 0.1) is 10.7 Å². The van der Waals surface area contributed by atoms with E-state index in [-0.39, 0.29) is 35.9 Å². The topological polar surface area (TPSA) is 127 Å². The van der Waals surface area contributed by atoms with Crippen LogP contribution in [-0.2, 0) is 29.4 Å². The molecule has 230 valence electrons. The van der Waals surface area contributed by atoms with Crippen LogP contribution in [0, 0.1) is 23.7 Å². The van der Waals surface area contributed by atoms with Crippen molar-refractivity contribution in [3.63, 3.8) is 0 Å². The number of hydrogen-bond donors (Lipinski definition) is 3. The highest BCUT2D eigenvalue weighted by atomic mass is 35.5. The molecule has 1 saturated heterocycles. The number of rotatable bonds is 5. The molecule has 3 N–H and O–H groups in total. The number of ether oxygens (including phenoxy) is 3. The molecule has 1 aromatic rings. The molecule has 0 unspecified atom stereocenters. The van der Waals surface area contributed by atoms with E-state index in [0.29, 0.717) is 28.3 Å². The molecule has 0 amide bonds. The maximum absolute atomic E-state index is 13.9. The van der Waals surface area contributed by atoms with Crippen molar-refractivity contribution in [1.82, 2.24) is 5.32 Å². The third-order valence-electron chi connectivity index (χ3n) is 9.54. The summed E-state index contributed by atoms with van der Waals surface area (Å²) in [6, 6.07) is 4.19. The summed E-state index contributed by atoms with van der Waals surface area (Å²) in [6.45, 7) is 13.1. The maximum Gasteiger partial charge on any atom is 0.514 e. The van der Waals surface area contributed by atoms with E-state index in [2.05, 4.69) is 25.7 Å². The molecular formula is C31H41ClN2O8. The number of halogens is 1. The Balaban J connectivity index is 1.47. The molecule has 42 heavy (non-hydrogen) atoms. The van der Waals surface area contributed by atoms with Gasteiger partial charge in [-0.2, -0.15) is 0 Å². The van der Waals surface area contributed by atoms with Gasteiger partial charge in [0.1, 0.15) is 23.0 Å². The number of hydrogen-bond acceptors (Lipinski definition) is 10. The zero-order chi connectivity index (χ0) is 30.7. The molecule has 10 nitrogen and oxygen atoms in total. The molecule has 1 saturated carbocycles. The minimum atomic E-state index is -1.57. The first-order chi connectivity index (χ1) is 19.7. The van der Waals surface area contributed by atoms with E-state index >= 15 is 0 Å². The number of nitrogens with zero attached hydrogens (tertiary/aromatic N) is 1. The maximum atomic E-state index is 13.9. The van der Waals surface area contributed by atoms with Gasteiger partial charge >= 0.3 is 12.1 Å². The predicted molar refractivity (Wildman–Crippen MR) is 155 cm³/mol. The van der Waals surface area contributed by atoms with E-state index in [1.807, 2.05) is 13.0 Å². The van der Waals surface area contributed by atoms with Crippen molar-refractivity contribution in [1.29, 1.82) is 0 Å². The fourth-order valence-electron chi connectivity index (χ4n) is 7.36. The van der Waals surface area contributed by atoms with Gasteiger partial charge in [-0.25, -0.2) is 4.79 Å². The van der Waals surface area contributed by atoms with Crippen LogP contribution in [0.2, 0.25) is 5.02 Å². The molecule has 2 fully saturated rings. The third-order valence-corrected chi connectivity index (χ3v) is 9.84. The van der Waals surface area contributed by atoms with Gasteiger partial charge in [0.25, 0.3) is 0 Å². The standard InChI is InChI=1S/C31H41ClN2O8/c1-15(2)19-12-11-18(6)31(38)21(19)13-17(5)25(40-29(36)39-16(3)4)26(31)41-27(35)23-14-30(37)20-9-8-10-22(32)24(20)34(7)42-28(30)33-23/h8-10,13,15,18-19,21,23,25-26,28,33,37-38H,3,11-12,14H2,1-2,4-7H3/t18-,19+,21-,23+,25-,26+,28-,30-,31-/m1/s1. The van der Waals surface area contributed by atoms with Gasteiger partial charge in [0.15, 0.2) is 18.4 Å². The Kier molecular flexibility index (Phi) is 8.17. The Bertz CT molecular complexity index is 1300. The van der Waals surface area contributed by atoms with E-state index in [4.69, 9.17) is 30.6 Å². The third kappa shape index (κ3) is 5.01. The SMILES string of the molecule is C=C(C)OC(=O)O[C@@H]1C(C)=C[C@@H]2[C@H](C(C)C)CC[C@@H](C)[C@]2(O)[C@H]1OC(=O)[C@@H]1C[C@@]2(O)c3cccc(Cl)c3N(C)O[C@H]2N1. The number of hydroxylamine groups is 1. The molecule has 0 radical (unpaired) electrons. The van der Waals surface area contributed by atoms with Crippen LogP contribution in [-0.4, -0.2) is 59.5 Å². The molecule has 2 aliphatic carbocycles. The van der Waals surface area contributed by atoms with Crippen molar-refractivity contribution in [3.8, 4) is 0 Å². The Labute approximate surface area is 251 Å². The van der Waals surface area contributed by atoms with Gasteiger partial charge in [-0.1, -0.05) is 57.2 Å². The Morgan fingerprint density at radius 1 is 1.24 bits per heavy atom. The molecule has 0 aromatic heterocycles. The lowest BCUT2D eigenvalue weighted by atomic mass is 9.56. The van der Waals surface area contributed by atoms with E-state index in [0.717, 1.165) is 6.42 Å². The van der Waals surface area contributed by atoms with Crippen LogP contribution in [0.15, 0.2) is 42.2 Å². The molecule has 2 heterocycles. The molecule has 5 rings (SSSR count). The van der Waals surface area contributed by atoms with E-state index in [1.54, 1.807) is 32.2 Å². The van der Waals surface area contributed by atoms with Crippen LogP contribution in [0.5, 0.6) is 0 Å². The molecule has 1 aromatic carbocycles. The van der Waals surface area contributed by atoms with Crippen molar-refractivity contribution >= 4 is 29.4 Å². The number of carbonyl (C=O) groups excluding carboxylic acids is 2. The number of para-hydroxylation sites is 1. The summed E-state index contributed by atoms with van der Waals surface area (Å²) in [4.78, 5) is 32.4. The van der Waals surface area contributed by atoms with Gasteiger partial charge in [-0.05, 0) is 56.1 Å². The van der Waals surface area contributed by atoms with Crippen LogP contribution < -0.4 is 10.4 Å². The highest BCUT2D eigenvalue weighted by Gasteiger charge is 2.62. The van der Waals surface area contributed by atoms with Gasteiger partial charge in [-0.15, -0.1) is 0 Å². The number of carbonyl (C=O) groups is 2. The van der Waals surface area contributed by atoms with Crippen LogP contribution >= 0.6 is 11.6 Å². The molecular weight excluding hydrogens is 564 g/mol. The number of nitrogens with one attached hydrogen (secondary N) is 1. The lowest BCUT2D eigenvalue weighted by Gasteiger charge is -2.55. The summed E-state index contributed by atoms with van der Waals surface area (Å²) >= 11 is 6.41. The number of allylic oxidation sites excluding steroid dienone is 1. The number of anilines is 1. The van der Waals surface area contributed by atoms with Gasteiger partial charge in [0, 0.05) is 24.9 Å². The van der Waals surface area contributed by atoms with Crippen LogP contribution in [0.1, 0.15) is 59.4 Å². The molecule has 2 aliphatic heterocycles. The molecule has 0 bridgehead atoms. The quantitative estimate of drug-likeness (QED) is 0.250. The van der Waals surface area contributed by atoms with Crippen LogP contribution in [0.25, 0.3) is 0 Å². The normalized spacial score (nSPS) is 37.2. The first-order valence-electron chi connectivity index (χ1n) is 14.5. The second-order valence-corrected chi connectivity index (χ2v) is 13.0. The average Bonchev–Trinajstić information content (AvgIpc) is 3.25. The number of fused-ring (bicyclic) bond motifs is 4. The second-order valence-electron chi connectivity index (χ2n) is 12.6. The van der Waals surface area contributed by atoms with Gasteiger partial charge < -0.3 is 24.4 Å². The summed E-state index contributed by atoms with van der Waals surface area (Å²) in [5.74, 6) is -0.771. The number of aliphatic hydroxyl groups is 2. The van der Waals surface area contributed by atoms with Crippen molar-refractivity contribution in [2.45, 2.75) is 89.6 Å². The smallest absolute Gasteiger partial charge is 0.454 e. The van der Waals surface area contributed by atoms with Crippen molar-refractivity contribution in [2.75, 3.05) is 12.1 Å². The Hall–Kier alpha value is -2.63. The first-order valence-corrected chi connectivity index (χ1v) is 14.9. The zero-order valence-corrected chi connectivity index (χ0v) is 25.7. The summed E-state index contributed by atoms with van der Waals surface area (Å²) in [7, 11) is 1.67. The van der Waals surface area contributed by atoms with E-state index in [1.165, 1.54) is 12.0 Å². The monoisotopic (exact) mass is 604 g/mol. The Morgan fingerprint density at radius 2 is 1.95 bits per heavy atom. The predicted octanol–water partition coefficient (Wildman–Crippen LogP) is 4.57. The highest BCUT2D eigenvalue weighted by Crippen LogP contribution is 2.53. The molecule has 9 atom stereocenters. The second kappa shape index (κ2) is 11.1. The highest BCUT2D eigenvalue weighted by molar-refractivity contribution is 6.33. The summed E-state index contributed by atoms with van der Waals surface area (Å²) in [5, 5.41) is 29.2. The van der Waals surface area contributed by atoms with E-state index < -0.39 is 47.8 Å². The molecule has 4 aliphatic rings. The summed E-state index contributed by atoms with van der Waals surface area (Å²) in [5.41, 5.74) is -1.40. The first kappa shape index (κ1) is 30.8. The van der Waals surface area contributed by atoms with Crippen LogP contribution in [0.4, 0.5) is 10.5 Å². The van der Waals surface area contributed by atoms with Crippen molar-refractivity contribution in [3.05, 3.63) is 52.8 Å². The number of benzene rings is 1. The van der Waals surface area contributed by atoms with Crippen molar-refractivity contribution in [2.24, 2.45) is 23.7 Å². The lowest BCUT2D eigenvalue weighted by Crippen LogP contribution is -2.66. The van der Waals surface area contributed by atoms with Gasteiger partial charge in [0.2, 0.25) is 0 Å². The average molecular weight is 605 g/mol. The van der Waals surface area contributed by atoms with Crippen molar-refractivity contribution < 1.29 is 38.9 Å². The fraction of sp³-hybridized carbons (Fsp3) is 0.613. The molecule has 0 spiro atoms. The largest absolute Gasteiger partial charge is 0.514 e. The Morgan fingerprint density at radius 3 is 2.62 bits per heavy atom. The number of esters is 1. The minimum Gasteiger partial charge on any atom is -0.454 e. The lowest BCUT2D eigenvalue weighted by molar-refractivity contribution is -0.221. The molecule has 11 heteroatoms. The summed E-state index contributed by atoms with van der Waals surface area (Å²) in [6.07, 6.45) is -0.759. The fourth-order valence-corrected chi connectivity index (χ4v) is 7.65. The summed E-state index contributed by atoms with van der Waals surface area (Å²) < 4.78 is 16.9. The van der Waals surface area contributed by atoms with E-state index in [9.17, 15) is 19.8 Å². The minimum absolute atomic E-state index is 0.0610.